The Balaban J connectivity index is 2.13. The third-order valence-electron chi connectivity index (χ3n) is 3.03. The predicted octanol–water partition coefficient (Wildman–Crippen LogP) is 3.14. The zero-order valence-electron chi connectivity index (χ0n) is 11.8. The lowest BCUT2D eigenvalue weighted by atomic mass is 10.1. The van der Waals surface area contributed by atoms with E-state index < -0.39 is 10.0 Å². The molecular weight excluding hydrogens is 310 g/mol. The highest BCUT2D eigenvalue weighted by molar-refractivity contribution is 7.89. The van der Waals surface area contributed by atoms with Crippen LogP contribution in [0, 0.1) is 6.92 Å². The van der Waals surface area contributed by atoms with Crippen molar-refractivity contribution in [2.75, 3.05) is 7.11 Å². The van der Waals surface area contributed by atoms with Gasteiger partial charge in [0.1, 0.15) is 5.75 Å². The van der Waals surface area contributed by atoms with Gasteiger partial charge in [0.25, 0.3) is 0 Å². The molecule has 4 nitrogen and oxygen atoms in total. The number of nitrogens with one attached hydrogen (secondary N) is 1. The molecule has 0 unspecified atom stereocenters. The number of methoxy groups -OCH3 is 1. The van der Waals surface area contributed by atoms with Gasteiger partial charge in [0, 0.05) is 11.6 Å². The fourth-order valence-corrected chi connectivity index (χ4v) is 3.26. The monoisotopic (exact) mass is 325 g/mol. The molecule has 6 heteroatoms. The largest absolute Gasteiger partial charge is 0.496 e. The van der Waals surface area contributed by atoms with Gasteiger partial charge in [-0.15, -0.1) is 0 Å². The van der Waals surface area contributed by atoms with E-state index >= 15 is 0 Å². The molecule has 1 N–H and O–H groups in total. The number of hydrogen-bond acceptors (Lipinski definition) is 3. The third-order valence-corrected chi connectivity index (χ3v) is 4.67. The number of ether oxygens (including phenoxy) is 1. The quantitative estimate of drug-likeness (QED) is 0.918. The summed E-state index contributed by atoms with van der Waals surface area (Å²) in [5.41, 5.74) is 1.82. The van der Waals surface area contributed by atoms with Crippen LogP contribution < -0.4 is 9.46 Å². The summed E-state index contributed by atoms with van der Waals surface area (Å²) in [7, 11) is -1.97. The van der Waals surface area contributed by atoms with Crippen LogP contribution in [0.2, 0.25) is 5.02 Å². The molecule has 0 heterocycles. The number of benzene rings is 2. The second-order valence-electron chi connectivity index (χ2n) is 4.59. The minimum Gasteiger partial charge on any atom is -0.496 e. The highest BCUT2D eigenvalue weighted by Crippen LogP contribution is 2.19. The molecule has 0 radical (unpaired) electrons. The van der Waals surface area contributed by atoms with E-state index in [1.165, 1.54) is 12.1 Å². The standard InChI is InChI=1S/C15H16ClNO3S/c1-11-8-12(6-7-15(11)20-2)10-17-21(18,19)14-5-3-4-13(16)9-14/h3-9,17H,10H2,1-2H3. The normalized spacial score (nSPS) is 11.4. The van der Waals surface area contributed by atoms with Gasteiger partial charge >= 0.3 is 0 Å². The number of hydrogen-bond donors (Lipinski definition) is 1. The topological polar surface area (TPSA) is 55.4 Å². The Morgan fingerprint density at radius 3 is 2.57 bits per heavy atom. The molecule has 0 aromatic heterocycles. The van der Waals surface area contributed by atoms with E-state index in [0.29, 0.717) is 5.02 Å². The maximum Gasteiger partial charge on any atom is 0.240 e. The molecular formula is C15H16ClNO3S. The maximum atomic E-state index is 12.2. The summed E-state index contributed by atoms with van der Waals surface area (Å²) >= 11 is 5.82. The molecule has 21 heavy (non-hydrogen) atoms. The van der Waals surface area contributed by atoms with E-state index in [2.05, 4.69) is 4.72 Å². The van der Waals surface area contributed by atoms with Gasteiger partial charge in [-0.3, -0.25) is 0 Å². The molecule has 0 fully saturated rings. The van der Waals surface area contributed by atoms with Crippen molar-refractivity contribution in [1.29, 1.82) is 0 Å². The van der Waals surface area contributed by atoms with Crippen LogP contribution in [-0.2, 0) is 16.6 Å². The number of rotatable bonds is 5. The first-order chi connectivity index (χ1) is 9.92. The summed E-state index contributed by atoms with van der Waals surface area (Å²) in [5, 5.41) is 0.387. The second-order valence-corrected chi connectivity index (χ2v) is 6.79. The number of sulfonamides is 1. The van der Waals surface area contributed by atoms with Gasteiger partial charge in [-0.25, -0.2) is 13.1 Å². The molecule has 2 rings (SSSR count). The minimum atomic E-state index is -3.58. The van der Waals surface area contributed by atoms with Gasteiger partial charge < -0.3 is 4.74 Å². The van der Waals surface area contributed by atoms with Gasteiger partial charge in [-0.05, 0) is 42.3 Å². The average molecular weight is 326 g/mol. The summed E-state index contributed by atoms with van der Waals surface area (Å²) in [6.07, 6.45) is 0. The summed E-state index contributed by atoms with van der Waals surface area (Å²) < 4.78 is 32.1. The van der Waals surface area contributed by atoms with Gasteiger partial charge in [-0.2, -0.15) is 0 Å². The molecule has 0 aliphatic heterocycles. The van der Waals surface area contributed by atoms with Crippen LogP contribution in [0.3, 0.4) is 0 Å². The van der Waals surface area contributed by atoms with Gasteiger partial charge in [0.2, 0.25) is 10.0 Å². The van der Waals surface area contributed by atoms with Gasteiger partial charge in [0.15, 0.2) is 0 Å². The molecule has 0 amide bonds. The summed E-state index contributed by atoms with van der Waals surface area (Å²) in [6.45, 7) is 2.12. The molecule has 2 aromatic carbocycles. The highest BCUT2D eigenvalue weighted by Gasteiger charge is 2.14. The Morgan fingerprint density at radius 2 is 1.95 bits per heavy atom. The maximum absolute atomic E-state index is 12.2. The van der Waals surface area contributed by atoms with E-state index in [4.69, 9.17) is 16.3 Å². The number of aryl methyl sites for hydroxylation is 1. The van der Waals surface area contributed by atoms with Crippen LogP contribution in [0.1, 0.15) is 11.1 Å². The average Bonchev–Trinajstić information content (AvgIpc) is 2.45. The van der Waals surface area contributed by atoms with Crippen LogP contribution in [0.5, 0.6) is 5.75 Å². The zero-order valence-corrected chi connectivity index (χ0v) is 13.3. The molecule has 112 valence electrons. The zero-order chi connectivity index (χ0) is 15.5. The highest BCUT2D eigenvalue weighted by atomic mass is 35.5. The lowest BCUT2D eigenvalue weighted by Crippen LogP contribution is -2.23. The smallest absolute Gasteiger partial charge is 0.240 e. The van der Waals surface area contributed by atoms with Crippen LogP contribution >= 0.6 is 11.6 Å². The van der Waals surface area contributed by atoms with E-state index in [1.807, 2.05) is 25.1 Å². The van der Waals surface area contributed by atoms with E-state index in [-0.39, 0.29) is 11.4 Å². The first-order valence-electron chi connectivity index (χ1n) is 6.31. The van der Waals surface area contributed by atoms with E-state index in [9.17, 15) is 8.42 Å². The Morgan fingerprint density at radius 1 is 1.19 bits per heavy atom. The Bertz CT molecular complexity index is 744. The van der Waals surface area contributed by atoms with Crippen molar-refractivity contribution in [2.45, 2.75) is 18.4 Å². The first kappa shape index (κ1) is 15.8. The van der Waals surface area contributed by atoms with Crippen LogP contribution in [0.4, 0.5) is 0 Å². The van der Waals surface area contributed by atoms with Crippen molar-refractivity contribution in [1.82, 2.24) is 4.72 Å². The molecule has 2 aromatic rings. The molecule has 0 saturated carbocycles. The second kappa shape index (κ2) is 6.47. The Kier molecular flexibility index (Phi) is 4.88. The van der Waals surface area contributed by atoms with Gasteiger partial charge in [0.05, 0.1) is 12.0 Å². The fourth-order valence-electron chi connectivity index (χ4n) is 1.95. The molecule has 0 aliphatic carbocycles. The van der Waals surface area contributed by atoms with Crippen LogP contribution in [-0.4, -0.2) is 15.5 Å². The van der Waals surface area contributed by atoms with E-state index in [1.54, 1.807) is 19.2 Å². The SMILES string of the molecule is COc1ccc(CNS(=O)(=O)c2cccc(Cl)c2)cc1C. The van der Waals surface area contributed by atoms with Crippen LogP contribution in [0.15, 0.2) is 47.4 Å². The lowest BCUT2D eigenvalue weighted by molar-refractivity contribution is 0.411. The molecule has 0 spiro atoms. The minimum absolute atomic E-state index is 0.153. The molecule has 0 bridgehead atoms. The summed E-state index contributed by atoms with van der Waals surface area (Å²) in [6, 6.07) is 11.7. The van der Waals surface area contributed by atoms with Gasteiger partial charge in [-0.1, -0.05) is 29.8 Å². The van der Waals surface area contributed by atoms with Crippen molar-refractivity contribution in [3.05, 3.63) is 58.6 Å². The van der Waals surface area contributed by atoms with Crippen molar-refractivity contribution in [3.63, 3.8) is 0 Å². The van der Waals surface area contributed by atoms with E-state index in [0.717, 1.165) is 16.9 Å². The Labute approximate surface area is 129 Å². The molecule has 0 aliphatic rings. The van der Waals surface area contributed by atoms with Crippen molar-refractivity contribution >= 4 is 21.6 Å². The van der Waals surface area contributed by atoms with Crippen molar-refractivity contribution in [3.8, 4) is 5.75 Å². The predicted molar refractivity (Wildman–Crippen MR) is 83.2 cm³/mol. The lowest BCUT2D eigenvalue weighted by Gasteiger charge is -2.09. The molecule has 0 atom stereocenters. The summed E-state index contributed by atoms with van der Waals surface area (Å²) in [5.74, 6) is 0.774. The van der Waals surface area contributed by atoms with Crippen molar-refractivity contribution in [2.24, 2.45) is 0 Å². The summed E-state index contributed by atoms with van der Waals surface area (Å²) in [4.78, 5) is 0.153. The number of halogens is 1. The van der Waals surface area contributed by atoms with Crippen molar-refractivity contribution < 1.29 is 13.2 Å². The third kappa shape index (κ3) is 3.97. The Hall–Kier alpha value is -1.56. The fraction of sp³-hybridized carbons (Fsp3) is 0.200. The first-order valence-corrected chi connectivity index (χ1v) is 8.17. The molecule has 0 saturated heterocycles. The van der Waals surface area contributed by atoms with Crippen LogP contribution in [0.25, 0.3) is 0 Å².